The van der Waals surface area contributed by atoms with Gasteiger partial charge in [-0.25, -0.2) is 0 Å². The van der Waals surface area contributed by atoms with Crippen LogP contribution in [-0.2, 0) is 11.3 Å². The third-order valence-corrected chi connectivity index (χ3v) is 4.83. The molecule has 0 spiro atoms. The molecule has 0 saturated carbocycles. The van der Waals surface area contributed by atoms with E-state index in [1.807, 2.05) is 61.7 Å². The van der Waals surface area contributed by atoms with Crippen molar-refractivity contribution in [1.29, 1.82) is 0 Å². The van der Waals surface area contributed by atoms with E-state index >= 15 is 0 Å². The maximum Gasteiger partial charge on any atom is 0.260 e. The Morgan fingerprint density at radius 2 is 1.67 bits per heavy atom. The van der Waals surface area contributed by atoms with Gasteiger partial charge in [0.2, 0.25) is 0 Å². The quantitative estimate of drug-likeness (QED) is 0.466. The third-order valence-electron chi connectivity index (χ3n) is 3.25. The van der Waals surface area contributed by atoms with Crippen molar-refractivity contribution in [3.05, 3.63) is 78.0 Å². The van der Waals surface area contributed by atoms with E-state index in [1.54, 1.807) is 16.7 Å². The van der Waals surface area contributed by atoms with Crippen LogP contribution in [0.25, 0.3) is 0 Å². The van der Waals surface area contributed by atoms with Crippen LogP contribution in [0.4, 0.5) is 0 Å². The first-order valence-electron chi connectivity index (χ1n) is 7.54. The van der Waals surface area contributed by atoms with Crippen molar-refractivity contribution in [2.45, 2.75) is 23.2 Å². The highest BCUT2D eigenvalue weighted by Gasteiger charge is 2.19. The molecule has 0 bridgehead atoms. The number of alkyl halides is 2. The van der Waals surface area contributed by atoms with Crippen LogP contribution in [0.2, 0.25) is 0 Å². The van der Waals surface area contributed by atoms with Gasteiger partial charge in [-0.2, -0.15) is 0 Å². The number of carbonyl (C=O) groups excluding carboxylic acids is 1. The van der Waals surface area contributed by atoms with E-state index in [1.165, 1.54) is 4.90 Å². The van der Waals surface area contributed by atoms with Gasteiger partial charge in [0.15, 0.2) is 4.84 Å². The number of rotatable bonds is 7. The number of amides is 1. The van der Waals surface area contributed by atoms with Gasteiger partial charge in [0.25, 0.3) is 5.91 Å². The minimum atomic E-state index is -1.07. The highest BCUT2D eigenvalue weighted by Crippen LogP contribution is 2.21. The Balaban J connectivity index is 2.06. The maximum atomic E-state index is 12.3. The molecule has 2 rings (SSSR count). The molecule has 5 heteroatoms. The highest BCUT2D eigenvalue weighted by molar-refractivity contribution is 7.99. The lowest BCUT2D eigenvalue weighted by Crippen LogP contribution is -2.30. The summed E-state index contributed by atoms with van der Waals surface area (Å²) in [5.74, 6) is 0.476. The van der Waals surface area contributed by atoms with Gasteiger partial charge >= 0.3 is 0 Å². The second-order valence-corrected chi connectivity index (χ2v) is 7.47. The van der Waals surface area contributed by atoms with Crippen LogP contribution >= 0.6 is 35.0 Å². The molecule has 2 nitrogen and oxygen atoms in total. The van der Waals surface area contributed by atoms with Gasteiger partial charge in [-0.05, 0) is 30.2 Å². The zero-order valence-corrected chi connectivity index (χ0v) is 15.7. The van der Waals surface area contributed by atoms with E-state index in [2.05, 4.69) is 12.1 Å². The second-order valence-electron chi connectivity index (χ2n) is 5.33. The summed E-state index contributed by atoms with van der Waals surface area (Å²) in [7, 11) is 0. The zero-order valence-electron chi connectivity index (χ0n) is 13.4. The van der Waals surface area contributed by atoms with Gasteiger partial charge in [-0.3, -0.25) is 4.79 Å². The van der Waals surface area contributed by atoms with E-state index in [0.717, 1.165) is 16.9 Å². The van der Waals surface area contributed by atoms with Crippen LogP contribution in [-0.4, -0.2) is 21.4 Å². The first-order valence-corrected chi connectivity index (χ1v) is 9.40. The molecule has 0 atom stereocenters. The summed E-state index contributed by atoms with van der Waals surface area (Å²) in [5.41, 5.74) is 2.10. The predicted molar refractivity (Wildman–Crippen MR) is 103 cm³/mol. The normalized spacial score (nSPS) is 11.6. The fraction of sp³-hybridized carbons (Fsp3) is 0.211. The molecule has 0 fully saturated rings. The molecule has 0 radical (unpaired) electrons. The van der Waals surface area contributed by atoms with Crippen LogP contribution in [0.1, 0.15) is 12.5 Å². The Hall–Kier alpha value is -1.42. The molecule has 24 heavy (non-hydrogen) atoms. The van der Waals surface area contributed by atoms with Gasteiger partial charge in [-0.15, -0.1) is 11.8 Å². The van der Waals surface area contributed by atoms with Crippen LogP contribution in [0.3, 0.4) is 0 Å². The van der Waals surface area contributed by atoms with Gasteiger partial charge in [0.1, 0.15) is 0 Å². The molecule has 0 aliphatic heterocycles. The summed E-state index contributed by atoms with van der Waals surface area (Å²) < 4.78 is 0. The van der Waals surface area contributed by atoms with E-state index < -0.39 is 4.84 Å². The lowest BCUT2D eigenvalue weighted by Gasteiger charge is -2.20. The SMILES string of the molecule is C/C(=C\N(Cc1ccccc1)C(=O)C(Cl)Cl)CSc1ccccc1. The van der Waals surface area contributed by atoms with E-state index in [4.69, 9.17) is 23.2 Å². The lowest BCUT2D eigenvalue weighted by molar-refractivity contribution is -0.127. The highest BCUT2D eigenvalue weighted by atomic mass is 35.5. The molecule has 2 aromatic carbocycles. The number of thioether (sulfide) groups is 1. The maximum absolute atomic E-state index is 12.3. The summed E-state index contributed by atoms with van der Waals surface area (Å²) >= 11 is 13.3. The van der Waals surface area contributed by atoms with Crippen molar-refractivity contribution in [1.82, 2.24) is 4.90 Å². The summed E-state index contributed by atoms with van der Waals surface area (Å²) in [6, 6.07) is 19.9. The average Bonchev–Trinajstić information content (AvgIpc) is 2.60. The summed E-state index contributed by atoms with van der Waals surface area (Å²) in [5, 5.41) is 0. The van der Waals surface area contributed by atoms with Gasteiger partial charge in [-0.1, -0.05) is 71.7 Å². The number of hydrogen-bond donors (Lipinski definition) is 0. The number of halogens is 2. The van der Waals surface area contributed by atoms with E-state index in [9.17, 15) is 4.79 Å². The average molecular weight is 380 g/mol. The Labute approximate surface area is 157 Å². The first-order chi connectivity index (χ1) is 11.6. The third kappa shape index (κ3) is 6.23. The van der Waals surface area contributed by atoms with Crippen LogP contribution in [0, 0.1) is 0 Å². The molecular formula is C19H19Cl2NOS. The summed E-state index contributed by atoms with van der Waals surface area (Å²) in [4.78, 5) is 14.0. The number of benzene rings is 2. The monoisotopic (exact) mass is 379 g/mol. The molecular weight excluding hydrogens is 361 g/mol. The molecule has 0 aliphatic rings. The molecule has 0 aromatic heterocycles. The summed E-state index contributed by atoms with van der Waals surface area (Å²) in [6.07, 6.45) is 1.84. The Bertz CT molecular complexity index is 674. The van der Waals surface area contributed by atoms with Crippen LogP contribution in [0.15, 0.2) is 77.3 Å². The van der Waals surface area contributed by atoms with Crippen molar-refractivity contribution >= 4 is 40.9 Å². The smallest absolute Gasteiger partial charge is 0.260 e. The predicted octanol–water partition coefficient (Wildman–Crippen LogP) is 5.52. The summed E-state index contributed by atoms with van der Waals surface area (Å²) in [6.45, 7) is 2.45. The number of hydrogen-bond acceptors (Lipinski definition) is 2. The van der Waals surface area contributed by atoms with Crippen molar-refractivity contribution in [2.75, 3.05) is 5.75 Å². The molecule has 0 saturated heterocycles. The van der Waals surface area contributed by atoms with E-state index in [0.29, 0.717) is 6.54 Å². The Morgan fingerprint density at radius 3 is 2.25 bits per heavy atom. The fourth-order valence-corrected chi connectivity index (χ4v) is 3.18. The van der Waals surface area contributed by atoms with Crippen LogP contribution in [0.5, 0.6) is 0 Å². The molecule has 0 N–H and O–H groups in total. The molecule has 0 unspecified atom stereocenters. The topological polar surface area (TPSA) is 20.3 Å². The Morgan fingerprint density at radius 1 is 1.08 bits per heavy atom. The fourth-order valence-electron chi connectivity index (χ4n) is 2.11. The second kappa shape index (κ2) is 9.77. The molecule has 0 aliphatic carbocycles. The van der Waals surface area contributed by atoms with Gasteiger partial charge < -0.3 is 4.90 Å². The molecule has 1 amide bonds. The van der Waals surface area contributed by atoms with E-state index in [-0.39, 0.29) is 5.91 Å². The standard InChI is InChI=1S/C19H19Cl2NOS/c1-15(14-24-17-10-6-3-7-11-17)12-22(19(23)18(20)21)13-16-8-4-2-5-9-16/h2-12,18H,13-14H2,1H3/b15-12+. The zero-order chi connectivity index (χ0) is 17.4. The van der Waals surface area contributed by atoms with Crippen molar-refractivity contribution < 1.29 is 4.79 Å². The minimum Gasteiger partial charge on any atom is -0.312 e. The molecule has 0 heterocycles. The van der Waals surface area contributed by atoms with Crippen molar-refractivity contribution in [2.24, 2.45) is 0 Å². The number of carbonyl (C=O) groups is 1. The Kier molecular flexibility index (Phi) is 7.70. The van der Waals surface area contributed by atoms with Crippen molar-refractivity contribution in [3.63, 3.8) is 0 Å². The first kappa shape index (κ1) is 18.9. The minimum absolute atomic E-state index is 0.314. The number of nitrogens with zero attached hydrogens (tertiary/aromatic N) is 1. The van der Waals surface area contributed by atoms with Crippen LogP contribution < -0.4 is 0 Å². The van der Waals surface area contributed by atoms with Gasteiger partial charge in [0.05, 0.1) is 6.54 Å². The largest absolute Gasteiger partial charge is 0.312 e. The van der Waals surface area contributed by atoms with Crippen molar-refractivity contribution in [3.8, 4) is 0 Å². The van der Waals surface area contributed by atoms with Gasteiger partial charge in [0, 0.05) is 16.8 Å². The lowest BCUT2D eigenvalue weighted by atomic mass is 10.2. The molecule has 2 aromatic rings. The molecule has 126 valence electrons.